The number of aromatic hydroxyl groups is 1. The van der Waals surface area contributed by atoms with E-state index in [1.807, 2.05) is 12.3 Å². The smallest absolute Gasteiger partial charge is 0.137 e. The van der Waals surface area contributed by atoms with E-state index in [-0.39, 0.29) is 5.75 Å². The van der Waals surface area contributed by atoms with Crippen molar-refractivity contribution in [2.24, 2.45) is 0 Å². The van der Waals surface area contributed by atoms with Crippen molar-refractivity contribution in [1.29, 1.82) is 0 Å². The Morgan fingerprint density at radius 3 is 2.75 bits per heavy atom. The Hall–Kier alpha value is -1.52. The van der Waals surface area contributed by atoms with Gasteiger partial charge in [0.15, 0.2) is 0 Å². The molecule has 2 heterocycles. The Balaban J connectivity index is 1.68. The number of hydrogen-bond donors (Lipinski definition) is 1. The van der Waals surface area contributed by atoms with Crippen LogP contribution in [0.3, 0.4) is 0 Å². The Bertz CT molecular complexity index is 583. The molecule has 3 rings (SSSR count). The summed E-state index contributed by atoms with van der Waals surface area (Å²) in [4.78, 5) is 4.81. The lowest BCUT2D eigenvalue weighted by Gasteiger charge is -2.35. The molecule has 1 saturated heterocycles. The Kier molecular flexibility index (Phi) is 3.68. The molecule has 1 fully saturated rings. The van der Waals surface area contributed by atoms with E-state index in [0.29, 0.717) is 6.04 Å². The lowest BCUT2D eigenvalue weighted by Crippen LogP contribution is -2.41. The molecule has 0 atom stereocenters. The molecule has 1 aromatic heterocycles. The maximum Gasteiger partial charge on any atom is 0.137 e. The lowest BCUT2D eigenvalue weighted by molar-refractivity contribution is 0.140. The van der Waals surface area contributed by atoms with Gasteiger partial charge in [-0.05, 0) is 52.2 Å². The van der Waals surface area contributed by atoms with Crippen LogP contribution < -0.4 is 0 Å². The summed E-state index contributed by atoms with van der Waals surface area (Å²) < 4.78 is 5.54. The fourth-order valence-corrected chi connectivity index (χ4v) is 3.03. The summed E-state index contributed by atoms with van der Waals surface area (Å²) in [6.07, 6.45) is 4.27. The van der Waals surface area contributed by atoms with Gasteiger partial charge in [-0.3, -0.25) is 4.90 Å². The number of phenolic OH excluding ortho intramolecular Hbond substituents is 1. The van der Waals surface area contributed by atoms with Crippen LogP contribution in [0.5, 0.6) is 5.75 Å². The maximum atomic E-state index is 9.47. The molecule has 2 aromatic rings. The highest BCUT2D eigenvalue weighted by Gasteiger charge is 2.21. The van der Waals surface area contributed by atoms with Crippen molar-refractivity contribution >= 4 is 11.0 Å². The molecule has 4 nitrogen and oxygen atoms in total. The number of piperidine rings is 1. The van der Waals surface area contributed by atoms with Gasteiger partial charge in [-0.1, -0.05) is 0 Å². The molecule has 0 bridgehead atoms. The van der Waals surface area contributed by atoms with Crippen LogP contribution >= 0.6 is 0 Å². The molecule has 0 amide bonds. The summed E-state index contributed by atoms with van der Waals surface area (Å²) in [6, 6.07) is 6.05. The number of nitrogens with zero attached hydrogens (tertiary/aromatic N) is 2. The number of likely N-dealkylation sites (tertiary alicyclic amines) is 1. The number of fused-ring (bicyclic) bond motifs is 1. The number of rotatable bonds is 3. The topological polar surface area (TPSA) is 39.9 Å². The fourth-order valence-electron chi connectivity index (χ4n) is 3.03. The van der Waals surface area contributed by atoms with E-state index >= 15 is 0 Å². The van der Waals surface area contributed by atoms with Crippen LogP contribution in [-0.4, -0.2) is 48.1 Å². The van der Waals surface area contributed by atoms with Crippen molar-refractivity contribution in [2.75, 3.05) is 27.2 Å². The van der Waals surface area contributed by atoms with Crippen LogP contribution in [0.25, 0.3) is 11.0 Å². The zero-order chi connectivity index (χ0) is 14.1. The highest BCUT2D eigenvalue weighted by molar-refractivity contribution is 5.82. The predicted octanol–water partition coefficient (Wildman–Crippen LogP) is 2.66. The van der Waals surface area contributed by atoms with Gasteiger partial charge < -0.3 is 14.4 Å². The van der Waals surface area contributed by atoms with Crippen LogP contribution in [0.15, 0.2) is 28.9 Å². The molecule has 1 aliphatic heterocycles. The quantitative estimate of drug-likeness (QED) is 0.934. The van der Waals surface area contributed by atoms with Gasteiger partial charge in [-0.15, -0.1) is 0 Å². The van der Waals surface area contributed by atoms with Gasteiger partial charge >= 0.3 is 0 Å². The zero-order valence-corrected chi connectivity index (χ0v) is 12.2. The van der Waals surface area contributed by atoms with Crippen molar-refractivity contribution in [1.82, 2.24) is 9.80 Å². The molecule has 0 unspecified atom stereocenters. The van der Waals surface area contributed by atoms with Crippen LogP contribution in [-0.2, 0) is 6.54 Å². The number of hydrogen-bond acceptors (Lipinski definition) is 4. The molecule has 20 heavy (non-hydrogen) atoms. The Morgan fingerprint density at radius 2 is 2.05 bits per heavy atom. The zero-order valence-electron chi connectivity index (χ0n) is 12.2. The molecule has 0 aliphatic carbocycles. The average molecular weight is 274 g/mol. The van der Waals surface area contributed by atoms with Gasteiger partial charge in [0.05, 0.1) is 6.26 Å². The molecular formula is C16H22N2O2. The summed E-state index contributed by atoms with van der Waals surface area (Å²) in [5.41, 5.74) is 1.98. The third-order valence-electron chi connectivity index (χ3n) is 4.32. The first-order valence-electron chi connectivity index (χ1n) is 7.21. The van der Waals surface area contributed by atoms with E-state index in [4.69, 9.17) is 4.42 Å². The largest absolute Gasteiger partial charge is 0.508 e. The second-order valence-electron chi connectivity index (χ2n) is 5.91. The SMILES string of the molecule is CN(C)C1CCN(Cc2coc3cc(O)ccc23)CC1. The van der Waals surface area contributed by atoms with E-state index in [9.17, 15) is 5.11 Å². The maximum absolute atomic E-state index is 9.47. The normalized spacial score (nSPS) is 18.1. The van der Waals surface area contributed by atoms with Crippen molar-refractivity contribution < 1.29 is 9.52 Å². The van der Waals surface area contributed by atoms with E-state index in [1.54, 1.807) is 12.1 Å². The first-order chi connectivity index (χ1) is 9.63. The molecule has 1 N–H and O–H groups in total. The molecule has 1 aliphatic rings. The van der Waals surface area contributed by atoms with Gasteiger partial charge in [-0.2, -0.15) is 0 Å². The summed E-state index contributed by atoms with van der Waals surface area (Å²) >= 11 is 0. The Labute approximate surface area is 119 Å². The van der Waals surface area contributed by atoms with Crippen LogP contribution in [0.2, 0.25) is 0 Å². The number of phenols is 1. The van der Waals surface area contributed by atoms with Gasteiger partial charge in [0, 0.05) is 29.6 Å². The molecule has 1 aromatic carbocycles. The van der Waals surface area contributed by atoms with Crippen LogP contribution in [0.4, 0.5) is 0 Å². The van der Waals surface area contributed by atoms with Crippen LogP contribution in [0.1, 0.15) is 18.4 Å². The summed E-state index contributed by atoms with van der Waals surface area (Å²) in [7, 11) is 4.33. The van der Waals surface area contributed by atoms with Gasteiger partial charge in [0.2, 0.25) is 0 Å². The minimum atomic E-state index is 0.255. The minimum Gasteiger partial charge on any atom is -0.508 e. The van der Waals surface area contributed by atoms with Crippen LogP contribution in [0, 0.1) is 0 Å². The average Bonchev–Trinajstić information content (AvgIpc) is 2.81. The molecule has 4 heteroatoms. The summed E-state index contributed by atoms with van der Waals surface area (Å²) in [5, 5.41) is 10.6. The van der Waals surface area contributed by atoms with Crippen molar-refractivity contribution in [3.05, 3.63) is 30.0 Å². The first kappa shape index (κ1) is 13.5. The minimum absolute atomic E-state index is 0.255. The van der Waals surface area contributed by atoms with Crippen molar-refractivity contribution in [3.8, 4) is 5.75 Å². The van der Waals surface area contributed by atoms with Crippen molar-refractivity contribution in [3.63, 3.8) is 0 Å². The third kappa shape index (κ3) is 2.67. The van der Waals surface area contributed by atoms with Gasteiger partial charge in [0.25, 0.3) is 0 Å². The second kappa shape index (κ2) is 5.46. The van der Waals surface area contributed by atoms with E-state index in [0.717, 1.165) is 30.6 Å². The fraction of sp³-hybridized carbons (Fsp3) is 0.500. The highest BCUT2D eigenvalue weighted by Crippen LogP contribution is 2.27. The van der Waals surface area contributed by atoms with E-state index < -0.39 is 0 Å². The van der Waals surface area contributed by atoms with Gasteiger partial charge in [0.1, 0.15) is 11.3 Å². The standard InChI is InChI=1S/C16H22N2O2/c1-17(2)13-5-7-18(8-6-13)10-12-11-20-16-9-14(19)3-4-15(12)16/h3-4,9,11,13,19H,5-8,10H2,1-2H3. The summed E-state index contributed by atoms with van der Waals surface area (Å²) in [5.74, 6) is 0.255. The molecule has 0 saturated carbocycles. The molecular weight excluding hydrogens is 252 g/mol. The molecule has 0 spiro atoms. The summed E-state index contributed by atoms with van der Waals surface area (Å²) in [6.45, 7) is 3.19. The monoisotopic (exact) mass is 274 g/mol. The van der Waals surface area contributed by atoms with Crippen molar-refractivity contribution in [2.45, 2.75) is 25.4 Å². The molecule has 108 valence electrons. The highest BCUT2D eigenvalue weighted by atomic mass is 16.3. The second-order valence-corrected chi connectivity index (χ2v) is 5.91. The number of furan rings is 1. The predicted molar refractivity (Wildman–Crippen MR) is 79.9 cm³/mol. The number of benzene rings is 1. The van der Waals surface area contributed by atoms with E-state index in [1.165, 1.54) is 18.4 Å². The Morgan fingerprint density at radius 1 is 1.30 bits per heavy atom. The lowest BCUT2D eigenvalue weighted by atomic mass is 10.0. The first-order valence-corrected chi connectivity index (χ1v) is 7.21. The third-order valence-corrected chi connectivity index (χ3v) is 4.32. The molecule has 0 radical (unpaired) electrons. The van der Waals surface area contributed by atoms with Gasteiger partial charge in [-0.25, -0.2) is 0 Å². The van der Waals surface area contributed by atoms with E-state index in [2.05, 4.69) is 23.9 Å².